The molecule has 0 saturated carbocycles. The second-order valence-electron chi connectivity index (χ2n) is 4.25. The van der Waals surface area contributed by atoms with Crippen LogP contribution in [0.15, 0.2) is 57.4 Å². The zero-order chi connectivity index (χ0) is 14.7. The highest BCUT2D eigenvalue weighted by Crippen LogP contribution is 2.22. The second-order valence-corrected chi connectivity index (χ2v) is 5.17. The van der Waals surface area contributed by atoms with Gasteiger partial charge in [-0.3, -0.25) is 0 Å². The first-order valence-corrected chi connectivity index (χ1v) is 6.97. The molecule has 0 amide bonds. The second kappa shape index (κ2) is 6.05. The molecular weight excluding hydrogens is 339 g/mol. The number of hydrogen-bond acceptors (Lipinski definition) is 4. The summed E-state index contributed by atoms with van der Waals surface area (Å²) in [7, 11) is 0. The first-order chi connectivity index (χ1) is 10.2. The van der Waals surface area contributed by atoms with Crippen molar-refractivity contribution in [1.82, 2.24) is 10.2 Å². The molecule has 0 saturated heterocycles. The molecule has 6 heteroatoms. The van der Waals surface area contributed by atoms with Gasteiger partial charge in [0.1, 0.15) is 11.6 Å². The van der Waals surface area contributed by atoms with Crippen LogP contribution in [-0.2, 0) is 6.61 Å². The molecule has 0 N–H and O–H groups in total. The smallest absolute Gasteiger partial charge is 0.254 e. The van der Waals surface area contributed by atoms with Crippen molar-refractivity contribution in [3.05, 3.63) is 64.7 Å². The maximum Gasteiger partial charge on any atom is 0.254 e. The van der Waals surface area contributed by atoms with Crippen LogP contribution >= 0.6 is 15.9 Å². The van der Waals surface area contributed by atoms with Gasteiger partial charge in [0.15, 0.2) is 6.61 Å². The molecule has 0 unspecified atom stereocenters. The van der Waals surface area contributed by atoms with Crippen LogP contribution in [-0.4, -0.2) is 10.2 Å². The van der Waals surface area contributed by atoms with Crippen LogP contribution < -0.4 is 4.74 Å². The summed E-state index contributed by atoms with van der Waals surface area (Å²) < 4.78 is 24.7. The van der Waals surface area contributed by atoms with Gasteiger partial charge in [-0.1, -0.05) is 22.0 Å². The Balaban J connectivity index is 1.69. The normalized spacial score (nSPS) is 10.6. The molecule has 0 fully saturated rings. The molecule has 0 spiro atoms. The zero-order valence-corrected chi connectivity index (χ0v) is 12.4. The molecular formula is C15H10BrFN2O2. The third kappa shape index (κ3) is 3.46. The molecule has 0 radical (unpaired) electrons. The Kier molecular flexibility index (Phi) is 3.96. The fourth-order valence-electron chi connectivity index (χ4n) is 1.73. The van der Waals surface area contributed by atoms with Gasteiger partial charge in [-0.25, -0.2) is 4.39 Å². The van der Waals surface area contributed by atoms with E-state index in [9.17, 15) is 4.39 Å². The van der Waals surface area contributed by atoms with Crippen molar-refractivity contribution in [3.8, 4) is 17.2 Å². The highest BCUT2D eigenvalue weighted by atomic mass is 79.9. The molecule has 1 aromatic heterocycles. The van der Waals surface area contributed by atoms with E-state index in [1.165, 1.54) is 12.1 Å². The molecule has 0 aliphatic carbocycles. The first kappa shape index (κ1) is 13.8. The van der Waals surface area contributed by atoms with Crippen LogP contribution in [0.4, 0.5) is 4.39 Å². The number of benzene rings is 2. The minimum Gasteiger partial charge on any atom is -0.484 e. The molecule has 2 aromatic carbocycles. The first-order valence-electron chi connectivity index (χ1n) is 6.17. The molecule has 0 bridgehead atoms. The number of aromatic nitrogens is 2. The topological polar surface area (TPSA) is 48.2 Å². The van der Waals surface area contributed by atoms with E-state index >= 15 is 0 Å². The van der Waals surface area contributed by atoms with Gasteiger partial charge in [-0.15, -0.1) is 10.2 Å². The van der Waals surface area contributed by atoms with Crippen LogP contribution in [0, 0.1) is 5.82 Å². The Morgan fingerprint density at radius 2 is 1.90 bits per heavy atom. The summed E-state index contributed by atoms with van der Waals surface area (Å²) in [6.07, 6.45) is 0. The average Bonchev–Trinajstić information content (AvgIpc) is 2.96. The fraction of sp³-hybridized carbons (Fsp3) is 0.0667. The van der Waals surface area contributed by atoms with Crippen molar-refractivity contribution in [2.75, 3.05) is 0 Å². The number of halogens is 2. The monoisotopic (exact) mass is 348 g/mol. The van der Waals surface area contributed by atoms with E-state index in [-0.39, 0.29) is 12.4 Å². The SMILES string of the molecule is Fc1ccc(OCc2nnc(-c3cccc(Br)c3)o2)cc1. The van der Waals surface area contributed by atoms with E-state index in [2.05, 4.69) is 26.1 Å². The van der Waals surface area contributed by atoms with Gasteiger partial charge in [-0.05, 0) is 42.5 Å². The predicted molar refractivity (Wildman–Crippen MR) is 78.2 cm³/mol. The van der Waals surface area contributed by atoms with Crippen LogP contribution in [0.1, 0.15) is 5.89 Å². The largest absolute Gasteiger partial charge is 0.484 e. The lowest BCUT2D eigenvalue weighted by molar-refractivity contribution is 0.264. The molecule has 106 valence electrons. The summed E-state index contributed by atoms with van der Waals surface area (Å²) in [5.41, 5.74) is 0.824. The van der Waals surface area contributed by atoms with E-state index < -0.39 is 0 Å². The van der Waals surface area contributed by atoms with Gasteiger partial charge in [0.2, 0.25) is 5.89 Å². The maximum absolute atomic E-state index is 12.8. The molecule has 1 heterocycles. The van der Waals surface area contributed by atoms with Gasteiger partial charge >= 0.3 is 0 Å². The third-order valence-electron chi connectivity index (χ3n) is 2.71. The van der Waals surface area contributed by atoms with Crippen molar-refractivity contribution >= 4 is 15.9 Å². The quantitative estimate of drug-likeness (QED) is 0.708. The summed E-state index contributed by atoms with van der Waals surface area (Å²) in [5.74, 6) is 1.01. The van der Waals surface area contributed by atoms with E-state index in [1.807, 2.05) is 24.3 Å². The third-order valence-corrected chi connectivity index (χ3v) is 3.21. The van der Waals surface area contributed by atoms with E-state index in [0.29, 0.717) is 17.5 Å². The molecule has 21 heavy (non-hydrogen) atoms. The van der Waals surface area contributed by atoms with Crippen LogP contribution in [0.2, 0.25) is 0 Å². The van der Waals surface area contributed by atoms with Crippen LogP contribution in [0.3, 0.4) is 0 Å². The minimum atomic E-state index is -0.308. The number of ether oxygens (including phenoxy) is 1. The van der Waals surface area contributed by atoms with E-state index in [0.717, 1.165) is 10.0 Å². The van der Waals surface area contributed by atoms with E-state index in [1.54, 1.807) is 12.1 Å². The van der Waals surface area contributed by atoms with Gasteiger partial charge in [0, 0.05) is 10.0 Å². The lowest BCUT2D eigenvalue weighted by Crippen LogP contribution is -1.95. The lowest BCUT2D eigenvalue weighted by atomic mass is 10.2. The minimum absolute atomic E-state index is 0.132. The van der Waals surface area contributed by atoms with Crippen molar-refractivity contribution < 1.29 is 13.5 Å². The zero-order valence-electron chi connectivity index (χ0n) is 10.8. The van der Waals surface area contributed by atoms with Gasteiger partial charge < -0.3 is 9.15 Å². The molecule has 0 aliphatic rings. The van der Waals surface area contributed by atoms with Crippen molar-refractivity contribution in [2.24, 2.45) is 0 Å². The number of nitrogens with zero attached hydrogens (tertiary/aromatic N) is 2. The molecule has 4 nitrogen and oxygen atoms in total. The standard InChI is InChI=1S/C15H10BrFN2O2/c16-11-3-1-2-10(8-11)15-19-18-14(21-15)9-20-13-6-4-12(17)5-7-13/h1-8H,9H2. The Morgan fingerprint density at radius 3 is 2.67 bits per heavy atom. The van der Waals surface area contributed by atoms with Crippen LogP contribution in [0.5, 0.6) is 5.75 Å². The van der Waals surface area contributed by atoms with E-state index in [4.69, 9.17) is 9.15 Å². The highest BCUT2D eigenvalue weighted by molar-refractivity contribution is 9.10. The maximum atomic E-state index is 12.8. The Morgan fingerprint density at radius 1 is 1.10 bits per heavy atom. The predicted octanol–water partition coefficient (Wildman–Crippen LogP) is 4.22. The fourth-order valence-corrected chi connectivity index (χ4v) is 2.13. The lowest BCUT2D eigenvalue weighted by Gasteiger charge is -2.02. The van der Waals surface area contributed by atoms with Gasteiger partial charge in [0.25, 0.3) is 5.89 Å². The van der Waals surface area contributed by atoms with Crippen LogP contribution in [0.25, 0.3) is 11.5 Å². The Bertz CT molecular complexity index is 743. The van der Waals surface area contributed by atoms with Gasteiger partial charge in [-0.2, -0.15) is 0 Å². The summed E-state index contributed by atoms with van der Waals surface area (Å²) in [6.45, 7) is 0.132. The highest BCUT2D eigenvalue weighted by Gasteiger charge is 2.09. The summed E-state index contributed by atoms with van der Waals surface area (Å²) in [6, 6.07) is 13.3. The van der Waals surface area contributed by atoms with Crippen molar-refractivity contribution in [2.45, 2.75) is 6.61 Å². The number of rotatable bonds is 4. The Hall–Kier alpha value is -2.21. The molecule has 0 aliphatic heterocycles. The summed E-state index contributed by atoms with van der Waals surface area (Å²) in [5, 5.41) is 7.90. The molecule has 3 aromatic rings. The van der Waals surface area contributed by atoms with Crippen molar-refractivity contribution in [1.29, 1.82) is 0 Å². The van der Waals surface area contributed by atoms with Gasteiger partial charge in [0.05, 0.1) is 0 Å². The summed E-state index contributed by atoms with van der Waals surface area (Å²) in [4.78, 5) is 0. The molecule has 3 rings (SSSR count). The Labute approximate surface area is 128 Å². The number of hydrogen-bond donors (Lipinski definition) is 0. The average molecular weight is 349 g/mol. The van der Waals surface area contributed by atoms with Crippen molar-refractivity contribution in [3.63, 3.8) is 0 Å². The summed E-state index contributed by atoms with van der Waals surface area (Å²) >= 11 is 3.39. The molecule has 0 atom stereocenters.